The molecule has 21 heavy (non-hydrogen) atoms. The predicted octanol–water partition coefficient (Wildman–Crippen LogP) is 3.72. The van der Waals surface area contributed by atoms with Crippen molar-refractivity contribution in [1.29, 1.82) is 0 Å². The summed E-state index contributed by atoms with van der Waals surface area (Å²) in [6, 6.07) is 11.2. The molecule has 3 N–H and O–H groups in total. The Morgan fingerprint density at radius 3 is 2.52 bits per heavy atom. The third-order valence-corrected chi connectivity index (χ3v) is 5.59. The standard InChI is InChI=1S/C14H14BrClN2O2S/c1-9(11-4-2-3-5-13(11)16)18-21(19,20)10-6-7-12(15)14(17)8-10/h2-9,18H,17H2,1H3. The molecule has 0 aliphatic heterocycles. The highest BCUT2D eigenvalue weighted by atomic mass is 79.9. The topological polar surface area (TPSA) is 72.2 Å². The van der Waals surface area contributed by atoms with E-state index in [0.717, 1.165) is 0 Å². The number of halogens is 2. The lowest BCUT2D eigenvalue weighted by atomic mass is 10.1. The van der Waals surface area contributed by atoms with Crippen molar-refractivity contribution in [1.82, 2.24) is 4.72 Å². The number of hydrogen-bond acceptors (Lipinski definition) is 3. The van der Waals surface area contributed by atoms with Crippen molar-refractivity contribution < 1.29 is 8.42 Å². The van der Waals surface area contributed by atoms with Crippen LogP contribution < -0.4 is 10.5 Å². The van der Waals surface area contributed by atoms with Crippen molar-refractivity contribution in [2.24, 2.45) is 0 Å². The van der Waals surface area contributed by atoms with E-state index in [0.29, 0.717) is 20.7 Å². The molecular formula is C14H14BrClN2O2S. The van der Waals surface area contributed by atoms with Crippen LogP contribution in [-0.4, -0.2) is 8.42 Å². The number of sulfonamides is 1. The quantitative estimate of drug-likeness (QED) is 0.783. The normalized spacial score (nSPS) is 13.1. The Hall–Kier alpha value is -1.08. The molecule has 2 rings (SSSR count). The lowest BCUT2D eigenvalue weighted by Crippen LogP contribution is -2.27. The fraction of sp³-hybridized carbons (Fsp3) is 0.143. The lowest BCUT2D eigenvalue weighted by molar-refractivity contribution is 0.567. The number of hydrogen-bond donors (Lipinski definition) is 2. The molecule has 0 radical (unpaired) electrons. The Morgan fingerprint density at radius 2 is 1.90 bits per heavy atom. The van der Waals surface area contributed by atoms with E-state index < -0.39 is 16.1 Å². The molecule has 1 unspecified atom stereocenters. The highest BCUT2D eigenvalue weighted by molar-refractivity contribution is 9.10. The number of anilines is 1. The van der Waals surface area contributed by atoms with Gasteiger partial charge in [-0.2, -0.15) is 0 Å². The average molecular weight is 390 g/mol. The van der Waals surface area contributed by atoms with E-state index in [1.165, 1.54) is 12.1 Å². The molecule has 0 aromatic heterocycles. The summed E-state index contributed by atoms with van der Waals surface area (Å²) >= 11 is 9.31. The van der Waals surface area contributed by atoms with E-state index in [1.807, 2.05) is 6.07 Å². The van der Waals surface area contributed by atoms with Gasteiger partial charge in [0.1, 0.15) is 0 Å². The maximum atomic E-state index is 12.4. The molecule has 112 valence electrons. The molecule has 0 aliphatic rings. The van der Waals surface area contributed by atoms with E-state index in [9.17, 15) is 8.42 Å². The predicted molar refractivity (Wildman–Crippen MR) is 88.7 cm³/mol. The molecule has 0 bridgehead atoms. The van der Waals surface area contributed by atoms with Crippen LogP contribution in [-0.2, 0) is 10.0 Å². The third kappa shape index (κ3) is 3.77. The average Bonchev–Trinajstić information content (AvgIpc) is 2.41. The summed E-state index contributed by atoms with van der Waals surface area (Å²) < 4.78 is 28.0. The van der Waals surface area contributed by atoms with Crippen LogP contribution in [0.1, 0.15) is 18.5 Å². The summed E-state index contributed by atoms with van der Waals surface area (Å²) in [7, 11) is -3.67. The first kappa shape index (κ1) is 16.3. The van der Waals surface area contributed by atoms with Crippen molar-refractivity contribution in [2.45, 2.75) is 17.9 Å². The second-order valence-electron chi connectivity index (χ2n) is 4.55. The van der Waals surface area contributed by atoms with E-state index in [1.54, 1.807) is 31.2 Å². The molecule has 0 aliphatic carbocycles. The zero-order valence-corrected chi connectivity index (χ0v) is 14.3. The fourth-order valence-electron chi connectivity index (χ4n) is 1.88. The number of nitrogen functional groups attached to an aromatic ring is 1. The molecule has 0 saturated heterocycles. The van der Waals surface area contributed by atoms with Gasteiger partial charge in [0.2, 0.25) is 10.0 Å². The van der Waals surface area contributed by atoms with Gasteiger partial charge in [0.05, 0.1) is 4.90 Å². The van der Waals surface area contributed by atoms with E-state index >= 15 is 0 Å². The SMILES string of the molecule is CC(NS(=O)(=O)c1ccc(Br)c(N)c1)c1ccccc1Cl. The zero-order chi connectivity index (χ0) is 15.6. The molecule has 0 fully saturated rings. The van der Waals surface area contributed by atoms with Crippen LogP contribution in [0.3, 0.4) is 0 Å². The summed E-state index contributed by atoms with van der Waals surface area (Å²) in [5.74, 6) is 0. The monoisotopic (exact) mass is 388 g/mol. The van der Waals surface area contributed by atoms with Crippen molar-refractivity contribution in [3.8, 4) is 0 Å². The summed E-state index contributed by atoms with van der Waals surface area (Å²) in [5, 5.41) is 0.517. The van der Waals surface area contributed by atoms with Crippen LogP contribution in [0.2, 0.25) is 5.02 Å². The number of benzene rings is 2. The molecule has 0 spiro atoms. The van der Waals surface area contributed by atoms with Gasteiger partial charge < -0.3 is 5.73 Å². The Bertz CT molecular complexity index is 765. The molecule has 2 aromatic rings. The van der Waals surface area contributed by atoms with Crippen molar-refractivity contribution in [2.75, 3.05) is 5.73 Å². The molecule has 1 atom stereocenters. The molecule has 0 heterocycles. The van der Waals surface area contributed by atoms with Crippen LogP contribution >= 0.6 is 27.5 Å². The van der Waals surface area contributed by atoms with Crippen LogP contribution in [0.4, 0.5) is 5.69 Å². The Kier molecular flexibility index (Phi) is 4.93. The Labute approximate surface area is 137 Å². The van der Waals surface area contributed by atoms with Crippen molar-refractivity contribution in [3.05, 3.63) is 57.5 Å². The molecule has 4 nitrogen and oxygen atoms in total. The molecule has 7 heteroatoms. The molecule has 0 saturated carbocycles. The van der Waals surface area contributed by atoms with Gasteiger partial charge >= 0.3 is 0 Å². The number of rotatable bonds is 4. The van der Waals surface area contributed by atoms with Gasteiger partial charge in [0.15, 0.2) is 0 Å². The van der Waals surface area contributed by atoms with E-state index in [2.05, 4.69) is 20.7 Å². The van der Waals surface area contributed by atoms with Crippen LogP contribution in [0.15, 0.2) is 51.8 Å². The number of nitrogens with one attached hydrogen (secondary N) is 1. The first-order valence-electron chi connectivity index (χ1n) is 6.13. The first-order chi connectivity index (χ1) is 9.81. The Balaban J connectivity index is 2.29. The van der Waals surface area contributed by atoms with Gasteiger partial charge in [-0.3, -0.25) is 0 Å². The van der Waals surface area contributed by atoms with Gasteiger partial charge in [-0.1, -0.05) is 29.8 Å². The van der Waals surface area contributed by atoms with Crippen LogP contribution in [0.25, 0.3) is 0 Å². The maximum Gasteiger partial charge on any atom is 0.241 e. The molecular weight excluding hydrogens is 376 g/mol. The zero-order valence-electron chi connectivity index (χ0n) is 11.2. The second-order valence-corrected chi connectivity index (χ2v) is 7.52. The highest BCUT2D eigenvalue weighted by Crippen LogP contribution is 2.26. The molecule has 0 amide bonds. The van der Waals surface area contributed by atoms with Crippen molar-refractivity contribution in [3.63, 3.8) is 0 Å². The summed E-state index contributed by atoms with van der Waals surface area (Å²) in [6.07, 6.45) is 0. The minimum Gasteiger partial charge on any atom is -0.398 e. The minimum atomic E-state index is -3.67. The third-order valence-electron chi connectivity index (χ3n) is 2.98. The molecule has 2 aromatic carbocycles. The summed E-state index contributed by atoms with van der Waals surface area (Å²) in [6.45, 7) is 1.74. The van der Waals surface area contributed by atoms with Gasteiger partial charge in [-0.25, -0.2) is 13.1 Å². The number of nitrogens with two attached hydrogens (primary N) is 1. The summed E-state index contributed by atoms with van der Waals surface area (Å²) in [4.78, 5) is 0.113. The van der Waals surface area contributed by atoms with E-state index in [-0.39, 0.29) is 4.90 Å². The van der Waals surface area contributed by atoms with Gasteiger partial charge in [-0.05, 0) is 52.7 Å². The fourth-order valence-corrected chi connectivity index (χ4v) is 3.68. The second kappa shape index (κ2) is 6.36. The Morgan fingerprint density at radius 1 is 1.24 bits per heavy atom. The first-order valence-corrected chi connectivity index (χ1v) is 8.78. The highest BCUT2D eigenvalue weighted by Gasteiger charge is 2.20. The maximum absolute atomic E-state index is 12.4. The minimum absolute atomic E-state index is 0.113. The van der Waals surface area contributed by atoms with Gasteiger partial charge in [0, 0.05) is 21.2 Å². The largest absolute Gasteiger partial charge is 0.398 e. The van der Waals surface area contributed by atoms with Crippen molar-refractivity contribution >= 4 is 43.2 Å². The van der Waals surface area contributed by atoms with Crippen LogP contribution in [0.5, 0.6) is 0 Å². The van der Waals surface area contributed by atoms with Gasteiger partial charge in [0.25, 0.3) is 0 Å². The smallest absolute Gasteiger partial charge is 0.241 e. The van der Waals surface area contributed by atoms with Crippen LogP contribution in [0, 0.1) is 0 Å². The van der Waals surface area contributed by atoms with Gasteiger partial charge in [-0.15, -0.1) is 0 Å². The summed E-state index contributed by atoms with van der Waals surface area (Å²) in [5.41, 5.74) is 6.80. The lowest BCUT2D eigenvalue weighted by Gasteiger charge is -2.16. The van der Waals surface area contributed by atoms with E-state index in [4.69, 9.17) is 17.3 Å².